The van der Waals surface area contributed by atoms with E-state index < -0.39 is 16.1 Å². The zero-order chi connectivity index (χ0) is 26.3. The Labute approximate surface area is 217 Å². The Balaban J connectivity index is 0.000000173. The van der Waals surface area contributed by atoms with Crippen molar-refractivity contribution < 1.29 is 18.3 Å². The lowest BCUT2D eigenvalue weighted by Gasteiger charge is -2.11. The average molecular weight is 518 g/mol. The van der Waals surface area contributed by atoms with Crippen LogP contribution in [0.4, 0.5) is 5.69 Å². The van der Waals surface area contributed by atoms with Crippen LogP contribution >= 0.6 is 0 Å². The maximum absolute atomic E-state index is 12.0. The predicted molar refractivity (Wildman–Crippen MR) is 149 cm³/mol. The highest BCUT2D eigenvalue weighted by Crippen LogP contribution is 2.32. The van der Waals surface area contributed by atoms with Crippen LogP contribution in [-0.2, 0) is 16.4 Å². The maximum atomic E-state index is 12.0. The van der Waals surface area contributed by atoms with Crippen molar-refractivity contribution in [1.82, 2.24) is 4.98 Å². The van der Waals surface area contributed by atoms with E-state index in [0.717, 1.165) is 34.0 Å². The molecule has 1 atom stereocenters. The van der Waals surface area contributed by atoms with E-state index in [0.29, 0.717) is 5.69 Å². The molecule has 0 saturated carbocycles. The second kappa shape index (κ2) is 11.9. The van der Waals surface area contributed by atoms with E-state index >= 15 is 0 Å². The van der Waals surface area contributed by atoms with Gasteiger partial charge in [0.1, 0.15) is 18.5 Å². The van der Waals surface area contributed by atoms with Crippen LogP contribution in [0.3, 0.4) is 0 Å². The fourth-order valence-electron chi connectivity index (χ4n) is 3.86. The van der Waals surface area contributed by atoms with Crippen LogP contribution in [0, 0.1) is 0 Å². The van der Waals surface area contributed by atoms with Gasteiger partial charge < -0.3 is 20.6 Å². The molecule has 0 aliphatic carbocycles. The van der Waals surface area contributed by atoms with Crippen molar-refractivity contribution in [1.29, 1.82) is 0 Å². The van der Waals surface area contributed by atoms with E-state index in [4.69, 9.17) is 10.5 Å². The summed E-state index contributed by atoms with van der Waals surface area (Å²) in [6, 6.07) is 29.7. The Morgan fingerprint density at radius 1 is 0.892 bits per heavy atom. The summed E-state index contributed by atoms with van der Waals surface area (Å²) in [4.78, 5) is 3.62. The highest BCUT2D eigenvalue weighted by atomic mass is 32.2. The molecule has 0 fully saturated rings. The molecule has 0 bridgehead atoms. The molecule has 0 aliphatic heterocycles. The van der Waals surface area contributed by atoms with E-state index in [2.05, 4.69) is 22.7 Å². The number of para-hydroxylation sites is 1. The summed E-state index contributed by atoms with van der Waals surface area (Å²) in [5.74, 6) is 0.766. The summed E-state index contributed by atoms with van der Waals surface area (Å²) in [6.45, 7) is 2.46. The average Bonchev–Trinajstić information content (AvgIpc) is 3.32. The minimum Gasteiger partial charge on any atom is -0.490 e. The quantitative estimate of drug-likeness (QED) is 0.229. The first-order valence-electron chi connectivity index (χ1n) is 12.1. The Morgan fingerprint density at radius 3 is 2.27 bits per heavy atom. The van der Waals surface area contributed by atoms with Crippen LogP contribution < -0.4 is 15.2 Å². The smallest absolute Gasteiger partial charge is 0.261 e. The number of aliphatic hydroxyl groups is 1. The summed E-state index contributed by atoms with van der Waals surface area (Å²) in [7, 11) is -3.48. The number of H-pyrrole nitrogens is 1. The zero-order valence-electron chi connectivity index (χ0n) is 20.6. The number of hydrogen-bond acceptors (Lipinski definition) is 5. The summed E-state index contributed by atoms with van der Waals surface area (Å²) in [5.41, 5.74) is 9.25. The fourth-order valence-corrected chi connectivity index (χ4v) is 4.94. The number of benzene rings is 4. The molecule has 0 saturated heterocycles. The van der Waals surface area contributed by atoms with Gasteiger partial charge >= 0.3 is 0 Å². The van der Waals surface area contributed by atoms with Crippen LogP contribution in [0.15, 0.2) is 102 Å². The molecular weight excluding hydrogens is 486 g/mol. The normalized spacial score (nSPS) is 12.1. The third-order valence-corrected chi connectivity index (χ3v) is 7.26. The number of ether oxygens (including phenoxy) is 1. The topological polar surface area (TPSA) is 117 Å². The molecule has 0 radical (unpaired) electrons. The van der Waals surface area contributed by atoms with Gasteiger partial charge in [0.25, 0.3) is 10.0 Å². The first-order valence-corrected chi connectivity index (χ1v) is 13.6. The van der Waals surface area contributed by atoms with E-state index in [-0.39, 0.29) is 18.0 Å². The molecule has 5 N–H and O–H groups in total. The van der Waals surface area contributed by atoms with E-state index in [1.165, 1.54) is 5.56 Å². The Hall–Kier alpha value is -3.85. The van der Waals surface area contributed by atoms with E-state index in [9.17, 15) is 13.5 Å². The molecule has 7 nitrogen and oxygen atoms in total. The van der Waals surface area contributed by atoms with Crippen molar-refractivity contribution in [3.8, 4) is 5.75 Å². The first-order chi connectivity index (χ1) is 17.9. The van der Waals surface area contributed by atoms with Crippen molar-refractivity contribution in [3.05, 3.63) is 103 Å². The third kappa shape index (κ3) is 6.48. The SMILES string of the molecule is CCc1ccc(NS(=O)(=O)c2ccccc2)cc1.NCC(O)COc1cccc2[nH]c3ccccc3c12. The second-order valence-corrected chi connectivity index (χ2v) is 10.2. The number of aryl methyl sites for hydroxylation is 1. The lowest BCUT2D eigenvalue weighted by Crippen LogP contribution is -2.26. The van der Waals surface area contributed by atoms with Gasteiger partial charge in [-0.2, -0.15) is 0 Å². The number of nitrogens with two attached hydrogens (primary N) is 1. The molecule has 8 heteroatoms. The molecule has 5 rings (SSSR count). The number of fused-ring (bicyclic) bond motifs is 3. The number of sulfonamides is 1. The summed E-state index contributed by atoms with van der Waals surface area (Å²) in [6.07, 6.45) is 0.298. The lowest BCUT2D eigenvalue weighted by molar-refractivity contribution is 0.115. The van der Waals surface area contributed by atoms with Crippen molar-refractivity contribution in [2.45, 2.75) is 24.3 Å². The molecule has 1 aromatic heterocycles. The third-order valence-electron chi connectivity index (χ3n) is 5.86. The first kappa shape index (κ1) is 26.2. The Bertz CT molecular complexity index is 1550. The van der Waals surface area contributed by atoms with Gasteiger partial charge in [0, 0.05) is 28.5 Å². The van der Waals surface area contributed by atoms with Crippen molar-refractivity contribution in [2.24, 2.45) is 5.73 Å². The summed E-state index contributed by atoms with van der Waals surface area (Å²) in [5, 5.41) is 11.7. The molecule has 192 valence electrons. The largest absolute Gasteiger partial charge is 0.490 e. The highest BCUT2D eigenvalue weighted by molar-refractivity contribution is 7.92. The van der Waals surface area contributed by atoms with E-state index in [1.54, 1.807) is 42.5 Å². The van der Waals surface area contributed by atoms with Crippen LogP contribution in [0.5, 0.6) is 5.75 Å². The second-order valence-electron chi connectivity index (χ2n) is 8.52. The van der Waals surface area contributed by atoms with Crippen molar-refractivity contribution in [2.75, 3.05) is 17.9 Å². The fraction of sp³-hybridized carbons (Fsp3) is 0.172. The molecule has 0 aliphatic rings. The highest BCUT2D eigenvalue weighted by Gasteiger charge is 2.13. The maximum Gasteiger partial charge on any atom is 0.261 e. The number of aliphatic hydroxyl groups excluding tert-OH is 1. The molecule has 4 aromatic carbocycles. The number of hydrogen-bond donors (Lipinski definition) is 4. The van der Waals surface area contributed by atoms with Gasteiger partial charge in [0.2, 0.25) is 0 Å². The predicted octanol–water partition coefficient (Wildman–Crippen LogP) is 5.07. The van der Waals surface area contributed by atoms with Crippen LogP contribution in [0.25, 0.3) is 21.8 Å². The van der Waals surface area contributed by atoms with Gasteiger partial charge in [-0.15, -0.1) is 0 Å². The number of nitrogens with one attached hydrogen (secondary N) is 2. The van der Waals surface area contributed by atoms with Gasteiger partial charge in [-0.1, -0.05) is 61.5 Å². The number of anilines is 1. The molecule has 37 heavy (non-hydrogen) atoms. The number of rotatable bonds is 8. The molecule has 0 amide bonds. The molecule has 0 spiro atoms. The lowest BCUT2D eigenvalue weighted by atomic mass is 10.1. The molecule has 5 aromatic rings. The minimum absolute atomic E-state index is 0.198. The number of aromatic amines is 1. The van der Waals surface area contributed by atoms with Gasteiger partial charge in [0.05, 0.1) is 10.4 Å². The van der Waals surface area contributed by atoms with Gasteiger partial charge in [-0.3, -0.25) is 4.72 Å². The van der Waals surface area contributed by atoms with Crippen LogP contribution in [0.1, 0.15) is 12.5 Å². The Kier molecular flexibility index (Phi) is 8.45. The summed E-state index contributed by atoms with van der Waals surface area (Å²) >= 11 is 0. The summed E-state index contributed by atoms with van der Waals surface area (Å²) < 4.78 is 32.3. The molecule has 1 unspecified atom stereocenters. The minimum atomic E-state index is -3.48. The van der Waals surface area contributed by atoms with Crippen molar-refractivity contribution in [3.63, 3.8) is 0 Å². The van der Waals surface area contributed by atoms with Gasteiger partial charge in [-0.25, -0.2) is 8.42 Å². The Morgan fingerprint density at radius 2 is 1.57 bits per heavy atom. The zero-order valence-corrected chi connectivity index (χ0v) is 21.4. The van der Waals surface area contributed by atoms with E-state index in [1.807, 2.05) is 48.5 Å². The van der Waals surface area contributed by atoms with Gasteiger partial charge in [-0.05, 0) is 54.4 Å². The molecule has 1 heterocycles. The standard InChI is InChI=1S/C15H16N2O2.C14H15NO2S/c16-8-10(18)9-19-14-7-3-6-13-15(14)11-4-1-2-5-12(11)17-13;1-2-12-8-10-13(11-9-12)15-18(16,17)14-6-4-3-5-7-14/h1-7,10,17-18H,8-9,16H2;3-11,15H,2H2,1H3. The van der Waals surface area contributed by atoms with Crippen LogP contribution in [0.2, 0.25) is 0 Å². The molecular formula is C29H31N3O4S. The van der Waals surface area contributed by atoms with Crippen molar-refractivity contribution >= 4 is 37.5 Å². The number of aromatic nitrogens is 1. The van der Waals surface area contributed by atoms with Gasteiger partial charge in [0.15, 0.2) is 0 Å². The van der Waals surface area contributed by atoms with Crippen LogP contribution in [-0.4, -0.2) is 37.8 Å². The monoisotopic (exact) mass is 517 g/mol.